The Balaban J connectivity index is 1.48. The molecule has 0 saturated carbocycles. The molecular formula is C19H20N2O4S. The van der Waals surface area contributed by atoms with E-state index in [1.54, 1.807) is 18.0 Å². The molecule has 0 radical (unpaired) electrons. The maximum absolute atomic E-state index is 12.5. The number of ether oxygens (including phenoxy) is 1. The van der Waals surface area contributed by atoms with E-state index in [4.69, 9.17) is 9.15 Å². The van der Waals surface area contributed by atoms with Gasteiger partial charge in [-0.3, -0.25) is 9.59 Å². The predicted molar refractivity (Wildman–Crippen MR) is 97.6 cm³/mol. The number of nitrogens with zero attached hydrogens (tertiary/aromatic N) is 2. The number of thioether (sulfide) groups is 1. The zero-order valence-electron chi connectivity index (χ0n) is 14.3. The maximum Gasteiger partial charge on any atom is 0.254 e. The molecule has 4 rings (SSSR count). The molecule has 0 aliphatic carbocycles. The van der Waals surface area contributed by atoms with Crippen LogP contribution in [-0.2, 0) is 16.1 Å². The molecule has 136 valence electrons. The average molecular weight is 372 g/mol. The zero-order chi connectivity index (χ0) is 17.9. The first-order valence-electron chi connectivity index (χ1n) is 8.63. The number of carbonyl (C=O) groups is 2. The highest BCUT2D eigenvalue weighted by Gasteiger charge is 2.33. The fourth-order valence-electron chi connectivity index (χ4n) is 3.21. The van der Waals surface area contributed by atoms with Gasteiger partial charge in [0.25, 0.3) is 5.91 Å². The van der Waals surface area contributed by atoms with Gasteiger partial charge in [-0.1, -0.05) is 12.1 Å². The number of carbonyl (C=O) groups excluding carboxylic acids is 2. The maximum atomic E-state index is 12.5. The lowest BCUT2D eigenvalue weighted by atomic mass is 10.1. The van der Waals surface area contributed by atoms with Crippen LogP contribution in [0.4, 0.5) is 0 Å². The van der Waals surface area contributed by atoms with E-state index < -0.39 is 0 Å². The molecule has 2 aromatic rings. The van der Waals surface area contributed by atoms with Crippen molar-refractivity contribution >= 4 is 23.6 Å². The molecule has 2 aliphatic heterocycles. The number of amides is 2. The standard InChI is InChI=1S/C19H20N2O4S/c22-17-13-26-19(21(17)12-16-2-1-9-25-16)15-5-3-14(4-6-15)18(23)20-7-10-24-11-8-20/h1-6,9,19H,7-8,10-13H2/t19-/m0/s1. The van der Waals surface area contributed by atoms with Crippen LogP contribution in [0.2, 0.25) is 0 Å². The Morgan fingerprint density at radius 3 is 2.62 bits per heavy atom. The summed E-state index contributed by atoms with van der Waals surface area (Å²) in [6.07, 6.45) is 1.62. The van der Waals surface area contributed by atoms with Crippen LogP contribution in [0.1, 0.15) is 27.1 Å². The summed E-state index contributed by atoms with van der Waals surface area (Å²) in [5.41, 5.74) is 1.69. The second-order valence-corrected chi connectivity index (χ2v) is 7.36. The van der Waals surface area contributed by atoms with Crippen molar-refractivity contribution in [2.45, 2.75) is 11.9 Å². The number of rotatable bonds is 4. The molecule has 2 amide bonds. The molecule has 2 fully saturated rings. The second-order valence-electron chi connectivity index (χ2n) is 6.29. The molecule has 0 bridgehead atoms. The topological polar surface area (TPSA) is 63.0 Å². The van der Waals surface area contributed by atoms with Crippen LogP contribution in [0.25, 0.3) is 0 Å². The van der Waals surface area contributed by atoms with Crippen LogP contribution in [-0.4, -0.2) is 53.7 Å². The lowest BCUT2D eigenvalue weighted by molar-refractivity contribution is -0.128. The van der Waals surface area contributed by atoms with E-state index in [0.29, 0.717) is 44.2 Å². The highest BCUT2D eigenvalue weighted by molar-refractivity contribution is 8.00. The molecule has 0 unspecified atom stereocenters. The monoisotopic (exact) mass is 372 g/mol. The van der Waals surface area contributed by atoms with Gasteiger partial charge < -0.3 is 19.0 Å². The summed E-state index contributed by atoms with van der Waals surface area (Å²) < 4.78 is 10.7. The Kier molecular flexibility index (Phi) is 4.99. The van der Waals surface area contributed by atoms with Crippen molar-refractivity contribution in [3.63, 3.8) is 0 Å². The first-order valence-corrected chi connectivity index (χ1v) is 9.68. The quantitative estimate of drug-likeness (QED) is 0.825. The third-order valence-electron chi connectivity index (χ3n) is 4.62. The zero-order valence-corrected chi connectivity index (χ0v) is 15.1. The molecule has 2 aliphatic rings. The van der Waals surface area contributed by atoms with Crippen LogP contribution < -0.4 is 0 Å². The summed E-state index contributed by atoms with van der Waals surface area (Å²) in [5.74, 6) is 1.36. The van der Waals surface area contributed by atoms with Crippen molar-refractivity contribution in [1.29, 1.82) is 0 Å². The van der Waals surface area contributed by atoms with E-state index in [9.17, 15) is 9.59 Å². The van der Waals surface area contributed by atoms with Crippen molar-refractivity contribution in [3.05, 3.63) is 59.5 Å². The number of morpholine rings is 1. The molecule has 7 heteroatoms. The minimum atomic E-state index is -0.0554. The van der Waals surface area contributed by atoms with Crippen LogP contribution >= 0.6 is 11.8 Å². The Morgan fingerprint density at radius 1 is 1.15 bits per heavy atom. The minimum absolute atomic E-state index is 0.0300. The first-order chi connectivity index (χ1) is 12.7. The van der Waals surface area contributed by atoms with Crippen molar-refractivity contribution in [3.8, 4) is 0 Å². The van der Waals surface area contributed by atoms with Gasteiger partial charge in [-0.25, -0.2) is 0 Å². The molecule has 2 saturated heterocycles. The van der Waals surface area contributed by atoms with Crippen LogP contribution in [0.5, 0.6) is 0 Å². The van der Waals surface area contributed by atoms with Crippen molar-refractivity contribution in [2.24, 2.45) is 0 Å². The fourth-order valence-corrected chi connectivity index (χ4v) is 4.40. The summed E-state index contributed by atoms with van der Waals surface area (Å²) >= 11 is 1.60. The SMILES string of the molecule is O=C(c1ccc([C@@H]2SCC(=O)N2Cc2ccco2)cc1)N1CCOCC1. The Labute approximate surface area is 156 Å². The smallest absolute Gasteiger partial charge is 0.254 e. The van der Waals surface area contributed by atoms with Crippen molar-refractivity contribution < 1.29 is 18.7 Å². The van der Waals surface area contributed by atoms with Gasteiger partial charge in [0.2, 0.25) is 5.91 Å². The normalized spacial score (nSPS) is 20.6. The summed E-state index contributed by atoms with van der Waals surface area (Å²) in [6.45, 7) is 2.89. The van der Waals surface area contributed by atoms with Crippen LogP contribution in [0, 0.1) is 0 Å². The van der Waals surface area contributed by atoms with Gasteiger partial charge in [0.1, 0.15) is 11.1 Å². The van der Waals surface area contributed by atoms with Gasteiger partial charge in [-0.15, -0.1) is 11.8 Å². The summed E-state index contributed by atoms with van der Waals surface area (Å²) in [6, 6.07) is 11.3. The van der Waals surface area contributed by atoms with E-state index in [2.05, 4.69) is 0 Å². The molecule has 6 nitrogen and oxygen atoms in total. The van der Waals surface area contributed by atoms with Gasteiger partial charge >= 0.3 is 0 Å². The van der Waals surface area contributed by atoms with Gasteiger partial charge in [-0.05, 0) is 29.8 Å². The Morgan fingerprint density at radius 2 is 1.92 bits per heavy atom. The van der Waals surface area contributed by atoms with E-state index in [0.717, 1.165) is 11.3 Å². The number of hydrogen-bond acceptors (Lipinski definition) is 5. The van der Waals surface area contributed by atoms with E-state index in [1.165, 1.54) is 0 Å². The number of benzene rings is 1. The van der Waals surface area contributed by atoms with Crippen LogP contribution in [0.3, 0.4) is 0 Å². The minimum Gasteiger partial charge on any atom is -0.467 e. The molecule has 1 atom stereocenters. The van der Waals surface area contributed by atoms with E-state index >= 15 is 0 Å². The Hall–Kier alpha value is -2.25. The van der Waals surface area contributed by atoms with Gasteiger partial charge in [0, 0.05) is 18.7 Å². The summed E-state index contributed by atoms with van der Waals surface area (Å²) in [4.78, 5) is 28.4. The number of furan rings is 1. The molecule has 1 aromatic carbocycles. The third-order valence-corrected chi connectivity index (χ3v) is 5.87. The third kappa shape index (κ3) is 3.50. The van der Waals surface area contributed by atoms with Crippen LogP contribution in [0.15, 0.2) is 47.1 Å². The van der Waals surface area contributed by atoms with Crippen molar-refractivity contribution in [1.82, 2.24) is 9.80 Å². The van der Waals surface area contributed by atoms with Gasteiger partial charge in [0.15, 0.2) is 0 Å². The highest BCUT2D eigenvalue weighted by Crippen LogP contribution is 2.39. The summed E-state index contributed by atoms with van der Waals surface area (Å²) in [7, 11) is 0. The van der Waals surface area contributed by atoms with Gasteiger partial charge in [0.05, 0.1) is 31.8 Å². The van der Waals surface area contributed by atoms with Crippen molar-refractivity contribution in [2.75, 3.05) is 32.1 Å². The molecule has 3 heterocycles. The lowest BCUT2D eigenvalue weighted by Gasteiger charge is -2.27. The predicted octanol–water partition coefficient (Wildman–Crippen LogP) is 2.53. The molecule has 1 aromatic heterocycles. The Bertz CT molecular complexity index is 769. The fraction of sp³-hybridized carbons (Fsp3) is 0.368. The molecule has 0 spiro atoms. The molecular weight excluding hydrogens is 352 g/mol. The van der Waals surface area contributed by atoms with Gasteiger partial charge in [-0.2, -0.15) is 0 Å². The molecule has 26 heavy (non-hydrogen) atoms. The highest BCUT2D eigenvalue weighted by atomic mass is 32.2. The number of hydrogen-bond donors (Lipinski definition) is 0. The first kappa shape index (κ1) is 17.2. The average Bonchev–Trinajstić information content (AvgIpc) is 3.33. The molecule has 0 N–H and O–H groups in total. The van der Waals surface area contributed by atoms with E-state index in [-0.39, 0.29) is 17.2 Å². The van der Waals surface area contributed by atoms with E-state index in [1.807, 2.05) is 46.2 Å². The summed E-state index contributed by atoms with van der Waals surface area (Å²) in [5, 5.41) is -0.0554. The lowest BCUT2D eigenvalue weighted by Crippen LogP contribution is -2.40. The largest absolute Gasteiger partial charge is 0.467 e. The second kappa shape index (κ2) is 7.55.